The van der Waals surface area contributed by atoms with Gasteiger partial charge in [0.25, 0.3) is 11.8 Å². The van der Waals surface area contributed by atoms with Crippen molar-refractivity contribution in [2.75, 3.05) is 17.2 Å². The number of carbonyl (C=O) groups is 2. The van der Waals surface area contributed by atoms with Gasteiger partial charge < -0.3 is 15.4 Å². The molecule has 2 N–H and O–H groups in total. The first-order valence-corrected chi connectivity index (χ1v) is 12.0. The van der Waals surface area contributed by atoms with Gasteiger partial charge in [-0.15, -0.1) is 0 Å². The van der Waals surface area contributed by atoms with Crippen molar-refractivity contribution >= 4 is 34.8 Å². The second kappa shape index (κ2) is 10.5. The number of hydrogen-bond acceptors (Lipinski definition) is 3. The highest BCUT2D eigenvalue weighted by atomic mass is 35.5. The molecule has 2 amide bonds. The van der Waals surface area contributed by atoms with E-state index in [2.05, 4.69) is 58.2 Å². The fraction of sp³-hybridized carbons (Fsp3) is 0.310. The Morgan fingerprint density at radius 2 is 1.46 bits per heavy atom. The van der Waals surface area contributed by atoms with Crippen LogP contribution in [0.3, 0.4) is 0 Å². The zero-order valence-electron chi connectivity index (χ0n) is 21.2. The number of anilines is 2. The summed E-state index contributed by atoms with van der Waals surface area (Å²) in [6.45, 7) is 12.8. The van der Waals surface area contributed by atoms with Gasteiger partial charge in [0.2, 0.25) is 0 Å². The topological polar surface area (TPSA) is 67.4 Å². The average Bonchev–Trinajstić information content (AvgIpc) is 2.76. The normalized spacial score (nSPS) is 11.6. The molecule has 0 radical (unpaired) electrons. The summed E-state index contributed by atoms with van der Waals surface area (Å²) in [6, 6.07) is 19.8. The van der Waals surface area contributed by atoms with Gasteiger partial charge in [0.15, 0.2) is 6.61 Å². The van der Waals surface area contributed by atoms with Gasteiger partial charge in [0.1, 0.15) is 5.75 Å². The molecule has 0 aliphatic rings. The maximum atomic E-state index is 12.6. The summed E-state index contributed by atoms with van der Waals surface area (Å²) in [6.07, 6.45) is 0. The minimum atomic E-state index is -0.308. The maximum absolute atomic E-state index is 12.6. The van der Waals surface area contributed by atoms with Crippen LogP contribution in [0.4, 0.5) is 11.4 Å². The SMILES string of the molecule is CC(C)(C)c1ccc(OCC(=O)Nc2cccc(C(=O)Nc3cccc(Cl)c3)c2)c(C(C)(C)C)c1. The van der Waals surface area contributed by atoms with E-state index < -0.39 is 0 Å². The fourth-order valence-corrected chi connectivity index (χ4v) is 3.75. The highest BCUT2D eigenvalue weighted by Crippen LogP contribution is 2.35. The van der Waals surface area contributed by atoms with Crippen LogP contribution in [0.1, 0.15) is 63.0 Å². The van der Waals surface area contributed by atoms with E-state index in [1.807, 2.05) is 12.1 Å². The van der Waals surface area contributed by atoms with Crippen LogP contribution in [0.5, 0.6) is 5.75 Å². The Bertz CT molecular complexity index is 1220. The van der Waals surface area contributed by atoms with E-state index in [0.29, 0.717) is 27.7 Å². The van der Waals surface area contributed by atoms with E-state index in [9.17, 15) is 9.59 Å². The number of rotatable bonds is 6. The van der Waals surface area contributed by atoms with Crippen molar-refractivity contribution in [3.05, 3.63) is 88.4 Å². The number of carbonyl (C=O) groups excluding carboxylic acids is 2. The highest BCUT2D eigenvalue weighted by Gasteiger charge is 2.23. The lowest BCUT2D eigenvalue weighted by atomic mass is 9.80. The first-order valence-electron chi connectivity index (χ1n) is 11.6. The molecule has 0 saturated carbocycles. The van der Waals surface area contributed by atoms with Crippen LogP contribution >= 0.6 is 11.6 Å². The summed E-state index contributed by atoms with van der Waals surface area (Å²) >= 11 is 5.98. The summed E-state index contributed by atoms with van der Waals surface area (Å²) in [5.41, 5.74) is 3.66. The molecule has 0 heterocycles. The molecule has 3 aromatic carbocycles. The molecular weight excluding hydrogens is 460 g/mol. The van der Waals surface area contributed by atoms with Crippen molar-refractivity contribution in [2.45, 2.75) is 52.4 Å². The van der Waals surface area contributed by atoms with Gasteiger partial charge in [-0.1, -0.05) is 77.4 Å². The smallest absolute Gasteiger partial charge is 0.262 e. The lowest BCUT2D eigenvalue weighted by Crippen LogP contribution is -2.23. The minimum absolute atomic E-state index is 0.0139. The van der Waals surface area contributed by atoms with Crippen LogP contribution in [0, 0.1) is 0 Å². The molecule has 3 rings (SSSR count). The number of hydrogen-bond donors (Lipinski definition) is 2. The standard InChI is InChI=1S/C29H33ClN2O3/c1-28(2,3)20-13-14-25(24(16-20)29(4,5)6)35-18-26(33)31-22-11-7-9-19(15-22)27(34)32-23-12-8-10-21(30)17-23/h7-17H,18H2,1-6H3,(H,31,33)(H,32,34). The number of nitrogens with one attached hydrogen (secondary N) is 2. The van der Waals surface area contributed by atoms with Gasteiger partial charge >= 0.3 is 0 Å². The molecule has 3 aromatic rings. The van der Waals surface area contributed by atoms with Crippen LogP contribution in [0.2, 0.25) is 5.02 Å². The molecule has 35 heavy (non-hydrogen) atoms. The van der Waals surface area contributed by atoms with Crippen LogP contribution in [-0.4, -0.2) is 18.4 Å². The molecular formula is C29H33ClN2O3. The molecule has 0 bridgehead atoms. The van der Waals surface area contributed by atoms with E-state index >= 15 is 0 Å². The monoisotopic (exact) mass is 492 g/mol. The van der Waals surface area contributed by atoms with E-state index in [0.717, 1.165) is 5.56 Å². The number of amides is 2. The van der Waals surface area contributed by atoms with Gasteiger partial charge in [-0.2, -0.15) is 0 Å². The first-order chi connectivity index (χ1) is 16.3. The summed E-state index contributed by atoms with van der Waals surface area (Å²) in [5, 5.41) is 6.14. The third-order valence-electron chi connectivity index (χ3n) is 5.50. The molecule has 0 aliphatic carbocycles. The van der Waals surface area contributed by atoms with Crippen molar-refractivity contribution < 1.29 is 14.3 Å². The van der Waals surface area contributed by atoms with E-state index in [1.165, 1.54) is 5.56 Å². The molecule has 0 aromatic heterocycles. The van der Waals surface area contributed by atoms with Crippen molar-refractivity contribution in [3.63, 3.8) is 0 Å². The molecule has 0 spiro atoms. The molecule has 6 heteroatoms. The Morgan fingerprint density at radius 1 is 0.800 bits per heavy atom. The summed E-state index contributed by atoms with van der Waals surface area (Å²) in [5.74, 6) is 0.0841. The Morgan fingerprint density at radius 3 is 2.09 bits per heavy atom. The molecule has 0 fully saturated rings. The Labute approximate surface area is 212 Å². The predicted molar refractivity (Wildman–Crippen MR) is 144 cm³/mol. The van der Waals surface area contributed by atoms with Crippen molar-refractivity contribution in [2.24, 2.45) is 0 Å². The second-order valence-electron chi connectivity index (χ2n) is 10.6. The number of halogens is 1. The van der Waals surface area contributed by atoms with Crippen molar-refractivity contribution in [1.82, 2.24) is 0 Å². The maximum Gasteiger partial charge on any atom is 0.262 e. The highest BCUT2D eigenvalue weighted by molar-refractivity contribution is 6.31. The lowest BCUT2D eigenvalue weighted by Gasteiger charge is -2.27. The van der Waals surface area contributed by atoms with Gasteiger partial charge in [0.05, 0.1) is 0 Å². The quantitative estimate of drug-likeness (QED) is 0.382. The van der Waals surface area contributed by atoms with Gasteiger partial charge in [-0.05, 0) is 64.4 Å². The number of ether oxygens (including phenoxy) is 1. The van der Waals surface area contributed by atoms with Gasteiger partial charge in [0, 0.05) is 22.0 Å². The molecule has 0 unspecified atom stereocenters. The lowest BCUT2D eigenvalue weighted by molar-refractivity contribution is -0.118. The van der Waals surface area contributed by atoms with Crippen LogP contribution in [-0.2, 0) is 15.6 Å². The Hall–Kier alpha value is -3.31. The third-order valence-corrected chi connectivity index (χ3v) is 5.74. The largest absolute Gasteiger partial charge is 0.483 e. The molecule has 0 aliphatic heterocycles. The summed E-state index contributed by atoms with van der Waals surface area (Å²) in [7, 11) is 0. The third kappa shape index (κ3) is 7.33. The molecule has 0 atom stereocenters. The zero-order valence-corrected chi connectivity index (χ0v) is 21.9. The summed E-state index contributed by atoms with van der Waals surface area (Å²) < 4.78 is 5.93. The van der Waals surface area contributed by atoms with E-state index in [4.69, 9.17) is 16.3 Å². The molecule has 184 valence electrons. The van der Waals surface area contributed by atoms with Crippen LogP contribution in [0.25, 0.3) is 0 Å². The zero-order chi connectivity index (χ0) is 25.8. The fourth-order valence-electron chi connectivity index (χ4n) is 3.56. The Balaban J connectivity index is 1.67. The Kier molecular flexibility index (Phi) is 7.91. The van der Waals surface area contributed by atoms with Gasteiger partial charge in [-0.25, -0.2) is 0 Å². The number of benzene rings is 3. The van der Waals surface area contributed by atoms with Gasteiger partial charge in [-0.3, -0.25) is 9.59 Å². The van der Waals surface area contributed by atoms with Crippen LogP contribution in [0.15, 0.2) is 66.7 Å². The first kappa shape index (κ1) is 26.3. The summed E-state index contributed by atoms with van der Waals surface area (Å²) in [4.78, 5) is 25.2. The predicted octanol–water partition coefficient (Wildman–Crippen LogP) is 7.20. The van der Waals surface area contributed by atoms with Crippen molar-refractivity contribution in [3.8, 4) is 5.75 Å². The van der Waals surface area contributed by atoms with Crippen molar-refractivity contribution in [1.29, 1.82) is 0 Å². The van der Waals surface area contributed by atoms with E-state index in [-0.39, 0.29) is 29.3 Å². The molecule has 5 nitrogen and oxygen atoms in total. The van der Waals surface area contributed by atoms with Crippen LogP contribution < -0.4 is 15.4 Å². The average molecular weight is 493 g/mol. The second-order valence-corrected chi connectivity index (χ2v) is 11.0. The molecule has 0 saturated heterocycles. The van der Waals surface area contributed by atoms with E-state index in [1.54, 1.807) is 48.5 Å². The minimum Gasteiger partial charge on any atom is -0.483 e.